The number of nitrogens with one attached hydrogen (secondary N) is 1. The summed E-state index contributed by atoms with van der Waals surface area (Å²) >= 11 is 0. The average Bonchev–Trinajstić information content (AvgIpc) is 3.04. The maximum absolute atomic E-state index is 12.6. The van der Waals surface area contributed by atoms with Crippen molar-refractivity contribution < 1.29 is 24.0 Å². The number of hydrogen-bond donors (Lipinski definition) is 1. The number of carbonyl (C=O) groups is 3. The molecule has 0 saturated carbocycles. The van der Waals surface area contributed by atoms with Crippen LogP contribution in [0.4, 0.5) is 11.4 Å². The maximum atomic E-state index is 12.6. The highest BCUT2D eigenvalue weighted by Crippen LogP contribution is 2.30. The fraction of sp³-hybridized carbons (Fsp3) is 0.318. The Labute approximate surface area is 183 Å². The van der Waals surface area contributed by atoms with Crippen LogP contribution >= 0.6 is 0 Å². The lowest BCUT2D eigenvalue weighted by atomic mass is 10.0. The van der Waals surface area contributed by atoms with Crippen molar-refractivity contribution in [2.75, 3.05) is 31.6 Å². The Morgan fingerprint density at radius 3 is 2.44 bits per heavy atom. The van der Waals surface area contributed by atoms with Gasteiger partial charge in [0.1, 0.15) is 17.9 Å². The van der Waals surface area contributed by atoms with Crippen molar-refractivity contribution >= 4 is 29.1 Å². The number of nitro groups is 1. The van der Waals surface area contributed by atoms with Gasteiger partial charge in [0.25, 0.3) is 17.5 Å². The minimum absolute atomic E-state index is 0.0511. The molecular weight excluding hydrogens is 416 g/mol. The van der Waals surface area contributed by atoms with Gasteiger partial charge in [-0.05, 0) is 43.2 Å². The normalized spacial score (nSPS) is 16.2. The molecule has 1 N–H and O–H groups in total. The van der Waals surface area contributed by atoms with Crippen molar-refractivity contribution in [1.82, 2.24) is 10.2 Å². The van der Waals surface area contributed by atoms with E-state index in [0.29, 0.717) is 12.8 Å². The standard InChI is InChI=1S/C22H22N4O6/c1-32-16-7-5-15(6-8-16)24-11-9-14(10-12-24)23-19(27)13-25-21(28)17-3-2-4-18(26(30)31)20(17)22(25)29/h2-8,14H,9-13H2,1H3,(H,23,27). The van der Waals surface area contributed by atoms with Crippen LogP contribution in [0, 0.1) is 10.1 Å². The molecular formula is C22H22N4O6. The van der Waals surface area contributed by atoms with E-state index in [2.05, 4.69) is 10.2 Å². The number of piperidine rings is 1. The zero-order valence-corrected chi connectivity index (χ0v) is 17.4. The second-order valence-electron chi connectivity index (χ2n) is 7.68. The van der Waals surface area contributed by atoms with Gasteiger partial charge in [-0.3, -0.25) is 29.4 Å². The van der Waals surface area contributed by atoms with Crippen LogP contribution in [0.1, 0.15) is 33.6 Å². The number of anilines is 1. The Morgan fingerprint density at radius 1 is 1.12 bits per heavy atom. The summed E-state index contributed by atoms with van der Waals surface area (Å²) in [5, 5.41) is 14.1. The van der Waals surface area contributed by atoms with E-state index in [9.17, 15) is 24.5 Å². The third-order valence-corrected chi connectivity index (χ3v) is 5.77. The van der Waals surface area contributed by atoms with Gasteiger partial charge in [0.2, 0.25) is 5.91 Å². The van der Waals surface area contributed by atoms with Crippen molar-refractivity contribution in [3.05, 3.63) is 63.7 Å². The van der Waals surface area contributed by atoms with Crippen LogP contribution in [-0.4, -0.2) is 60.3 Å². The van der Waals surface area contributed by atoms with Crippen molar-refractivity contribution in [2.45, 2.75) is 18.9 Å². The Balaban J connectivity index is 1.34. The van der Waals surface area contributed by atoms with E-state index in [0.717, 1.165) is 29.4 Å². The van der Waals surface area contributed by atoms with E-state index in [1.807, 2.05) is 24.3 Å². The van der Waals surface area contributed by atoms with Gasteiger partial charge in [0, 0.05) is 30.9 Å². The van der Waals surface area contributed by atoms with Crippen molar-refractivity contribution in [2.24, 2.45) is 0 Å². The highest BCUT2D eigenvalue weighted by molar-refractivity contribution is 6.24. The molecule has 32 heavy (non-hydrogen) atoms. The molecule has 0 radical (unpaired) electrons. The van der Waals surface area contributed by atoms with Crippen molar-refractivity contribution in [3.63, 3.8) is 0 Å². The lowest BCUT2D eigenvalue weighted by Crippen LogP contribution is -2.48. The summed E-state index contributed by atoms with van der Waals surface area (Å²) in [6, 6.07) is 11.6. The van der Waals surface area contributed by atoms with Gasteiger partial charge in [-0.2, -0.15) is 0 Å². The van der Waals surface area contributed by atoms with Crippen molar-refractivity contribution in [1.29, 1.82) is 0 Å². The monoisotopic (exact) mass is 438 g/mol. The number of amides is 3. The van der Waals surface area contributed by atoms with Crippen LogP contribution in [-0.2, 0) is 4.79 Å². The number of ether oxygens (including phenoxy) is 1. The number of carbonyl (C=O) groups excluding carboxylic acids is 3. The Kier molecular flexibility index (Phi) is 5.76. The topological polar surface area (TPSA) is 122 Å². The van der Waals surface area contributed by atoms with Gasteiger partial charge in [0.05, 0.1) is 17.6 Å². The first-order valence-electron chi connectivity index (χ1n) is 10.2. The predicted octanol–water partition coefficient (Wildman–Crippen LogP) is 1.98. The molecule has 0 aromatic heterocycles. The molecule has 10 nitrogen and oxygen atoms in total. The minimum atomic E-state index is -0.818. The average molecular weight is 438 g/mol. The molecule has 2 aliphatic rings. The first-order valence-corrected chi connectivity index (χ1v) is 10.2. The lowest BCUT2D eigenvalue weighted by molar-refractivity contribution is -0.385. The molecule has 1 saturated heterocycles. The van der Waals surface area contributed by atoms with Crippen LogP contribution < -0.4 is 15.0 Å². The van der Waals surface area contributed by atoms with Gasteiger partial charge >= 0.3 is 0 Å². The van der Waals surface area contributed by atoms with Gasteiger partial charge in [-0.15, -0.1) is 0 Å². The quantitative estimate of drug-likeness (QED) is 0.416. The molecule has 1 fully saturated rings. The molecule has 0 bridgehead atoms. The molecule has 4 rings (SSSR count). The molecule has 0 aliphatic carbocycles. The predicted molar refractivity (Wildman–Crippen MR) is 115 cm³/mol. The largest absolute Gasteiger partial charge is 0.497 e. The maximum Gasteiger partial charge on any atom is 0.282 e. The lowest BCUT2D eigenvalue weighted by Gasteiger charge is -2.34. The van der Waals surface area contributed by atoms with Crippen LogP contribution in [0.15, 0.2) is 42.5 Å². The molecule has 2 aliphatic heterocycles. The minimum Gasteiger partial charge on any atom is -0.497 e. The van der Waals surface area contributed by atoms with Gasteiger partial charge in [0.15, 0.2) is 0 Å². The summed E-state index contributed by atoms with van der Waals surface area (Å²) in [6.07, 6.45) is 1.43. The number of nitrogens with zero attached hydrogens (tertiary/aromatic N) is 3. The second-order valence-corrected chi connectivity index (χ2v) is 7.68. The molecule has 3 amide bonds. The molecule has 0 unspecified atom stereocenters. The number of rotatable bonds is 6. The van der Waals surface area contributed by atoms with E-state index in [1.54, 1.807) is 7.11 Å². The number of hydrogen-bond acceptors (Lipinski definition) is 7. The number of imide groups is 1. The fourth-order valence-electron chi connectivity index (χ4n) is 4.10. The molecule has 166 valence electrons. The van der Waals surface area contributed by atoms with Crippen LogP contribution in [0.3, 0.4) is 0 Å². The number of methoxy groups -OCH3 is 1. The van der Waals surface area contributed by atoms with E-state index >= 15 is 0 Å². The van der Waals surface area contributed by atoms with Crippen LogP contribution in [0.25, 0.3) is 0 Å². The number of benzene rings is 2. The number of nitro benzene ring substituents is 1. The molecule has 2 heterocycles. The van der Waals surface area contributed by atoms with E-state index < -0.39 is 34.9 Å². The zero-order chi connectivity index (χ0) is 22.8. The third-order valence-electron chi connectivity index (χ3n) is 5.77. The van der Waals surface area contributed by atoms with Gasteiger partial charge in [-0.1, -0.05) is 6.07 Å². The smallest absolute Gasteiger partial charge is 0.282 e. The van der Waals surface area contributed by atoms with Crippen LogP contribution in [0.5, 0.6) is 5.75 Å². The highest BCUT2D eigenvalue weighted by Gasteiger charge is 2.41. The Bertz CT molecular complexity index is 1080. The fourth-order valence-corrected chi connectivity index (χ4v) is 4.10. The van der Waals surface area contributed by atoms with Crippen LogP contribution in [0.2, 0.25) is 0 Å². The van der Waals surface area contributed by atoms with Crippen molar-refractivity contribution in [3.8, 4) is 5.75 Å². The van der Waals surface area contributed by atoms with Gasteiger partial charge in [-0.25, -0.2) is 0 Å². The first kappa shape index (κ1) is 21.3. The van der Waals surface area contributed by atoms with E-state index in [1.165, 1.54) is 18.2 Å². The second kappa shape index (κ2) is 8.66. The molecule has 2 aromatic rings. The summed E-state index contributed by atoms with van der Waals surface area (Å²) in [6.45, 7) is 1.02. The first-order chi connectivity index (χ1) is 15.4. The summed E-state index contributed by atoms with van der Waals surface area (Å²) < 4.78 is 5.17. The third kappa shape index (κ3) is 3.98. The van der Waals surface area contributed by atoms with Gasteiger partial charge < -0.3 is 15.0 Å². The SMILES string of the molecule is COc1ccc(N2CCC(NC(=O)CN3C(=O)c4cccc([N+](=O)[O-])c4C3=O)CC2)cc1. The Morgan fingerprint density at radius 2 is 1.81 bits per heavy atom. The van der Waals surface area contributed by atoms with E-state index in [4.69, 9.17) is 4.74 Å². The summed E-state index contributed by atoms with van der Waals surface area (Å²) in [7, 11) is 1.62. The summed E-state index contributed by atoms with van der Waals surface area (Å²) in [4.78, 5) is 51.2. The number of fused-ring (bicyclic) bond motifs is 1. The highest BCUT2D eigenvalue weighted by atomic mass is 16.6. The Hall–Kier alpha value is -3.95. The molecule has 0 spiro atoms. The summed E-state index contributed by atoms with van der Waals surface area (Å²) in [5.41, 5.74) is 0.325. The summed E-state index contributed by atoms with van der Waals surface area (Å²) in [5.74, 6) is -1.20. The zero-order valence-electron chi connectivity index (χ0n) is 17.4. The molecule has 0 atom stereocenters. The molecule has 2 aromatic carbocycles. The van der Waals surface area contributed by atoms with E-state index in [-0.39, 0.29) is 17.2 Å². The molecule has 10 heteroatoms.